The van der Waals surface area contributed by atoms with Gasteiger partial charge in [0.25, 0.3) is 5.91 Å². The number of methoxy groups -OCH3 is 1. The molecule has 0 radical (unpaired) electrons. The Balaban J connectivity index is 1.42. The van der Waals surface area contributed by atoms with Crippen molar-refractivity contribution in [2.45, 2.75) is 12.5 Å². The summed E-state index contributed by atoms with van der Waals surface area (Å²) in [5.74, 6) is 1.65. The predicted octanol–water partition coefficient (Wildman–Crippen LogP) is 1.96. The Labute approximate surface area is 150 Å². The fourth-order valence-corrected chi connectivity index (χ4v) is 3.12. The summed E-state index contributed by atoms with van der Waals surface area (Å²) in [5.41, 5.74) is 1.26. The Bertz CT molecular complexity index is 850. The summed E-state index contributed by atoms with van der Waals surface area (Å²) < 4.78 is 15.7. The molecule has 2 amide bonds. The number of amides is 2. The van der Waals surface area contributed by atoms with Crippen LogP contribution in [-0.4, -0.2) is 38.3 Å². The molecule has 1 N–H and O–H groups in total. The van der Waals surface area contributed by atoms with Crippen LogP contribution in [-0.2, 0) is 4.79 Å². The van der Waals surface area contributed by atoms with E-state index in [0.717, 1.165) is 11.4 Å². The van der Waals surface area contributed by atoms with Crippen LogP contribution >= 0.6 is 0 Å². The molecule has 0 unspecified atom stereocenters. The molecule has 0 saturated carbocycles. The van der Waals surface area contributed by atoms with Crippen LogP contribution in [0.3, 0.4) is 0 Å². The van der Waals surface area contributed by atoms with Crippen LogP contribution in [0, 0.1) is 0 Å². The van der Waals surface area contributed by atoms with Crippen LogP contribution in [0.25, 0.3) is 0 Å². The molecule has 1 saturated heterocycles. The molecule has 1 fully saturated rings. The van der Waals surface area contributed by atoms with Crippen molar-refractivity contribution in [3.63, 3.8) is 0 Å². The van der Waals surface area contributed by atoms with Crippen molar-refractivity contribution in [2.75, 3.05) is 25.3 Å². The molecule has 2 heterocycles. The fraction of sp³-hybridized carbons (Fsp3) is 0.263. The van der Waals surface area contributed by atoms with Gasteiger partial charge in [0.2, 0.25) is 12.7 Å². The molecule has 2 aliphatic rings. The Morgan fingerprint density at radius 2 is 1.92 bits per heavy atom. The first kappa shape index (κ1) is 16.3. The van der Waals surface area contributed by atoms with E-state index in [9.17, 15) is 9.59 Å². The number of carbonyl (C=O) groups excluding carboxylic acids is 2. The van der Waals surface area contributed by atoms with Gasteiger partial charge in [0.1, 0.15) is 5.75 Å². The molecule has 2 aliphatic heterocycles. The Morgan fingerprint density at radius 1 is 1.15 bits per heavy atom. The minimum Gasteiger partial charge on any atom is -0.497 e. The van der Waals surface area contributed by atoms with E-state index in [1.54, 1.807) is 42.3 Å². The van der Waals surface area contributed by atoms with Crippen molar-refractivity contribution >= 4 is 17.5 Å². The van der Waals surface area contributed by atoms with Crippen LogP contribution in [0.4, 0.5) is 5.69 Å². The van der Waals surface area contributed by atoms with E-state index in [4.69, 9.17) is 14.2 Å². The van der Waals surface area contributed by atoms with Crippen molar-refractivity contribution in [3.8, 4) is 17.2 Å². The molecule has 134 valence electrons. The molecule has 7 heteroatoms. The van der Waals surface area contributed by atoms with Gasteiger partial charge in [-0.1, -0.05) is 0 Å². The molecule has 26 heavy (non-hydrogen) atoms. The maximum absolute atomic E-state index is 12.5. The van der Waals surface area contributed by atoms with Crippen LogP contribution in [0.1, 0.15) is 16.8 Å². The molecule has 2 aromatic carbocycles. The van der Waals surface area contributed by atoms with Gasteiger partial charge < -0.3 is 24.4 Å². The Hall–Kier alpha value is -3.22. The van der Waals surface area contributed by atoms with Crippen molar-refractivity contribution in [2.24, 2.45) is 0 Å². The minimum atomic E-state index is -0.248. The zero-order chi connectivity index (χ0) is 18.1. The molecule has 0 bridgehead atoms. The second-order valence-electron chi connectivity index (χ2n) is 6.14. The number of benzene rings is 2. The number of ether oxygens (including phenoxy) is 3. The van der Waals surface area contributed by atoms with E-state index in [0.29, 0.717) is 23.6 Å². The number of anilines is 1. The Kier molecular flexibility index (Phi) is 4.12. The standard InChI is InChI=1S/C19H18N2O5/c1-24-15-5-3-14(4-6-15)21-10-13(9-18(21)22)20-19(23)12-2-7-16-17(8-12)26-11-25-16/h2-8,13H,9-11H2,1H3,(H,20,23)/t13-/m0/s1. The summed E-state index contributed by atoms with van der Waals surface area (Å²) in [5, 5.41) is 2.92. The van der Waals surface area contributed by atoms with E-state index in [1.165, 1.54) is 0 Å². The average Bonchev–Trinajstić information content (AvgIpc) is 3.27. The van der Waals surface area contributed by atoms with Gasteiger partial charge in [0.15, 0.2) is 11.5 Å². The normalized spacial score (nSPS) is 18.1. The minimum absolute atomic E-state index is 0.0221. The van der Waals surface area contributed by atoms with E-state index in [2.05, 4.69) is 5.32 Å². The lowest BCUT2D eigenvalue weighted by atomic mass is 10.1. The Morgan fingerprint density at radius 3 is 2.69 bits per heavy atom. The van der Waals surface area contributed by atoms with Crippen LogP contribution in [0.2, 0.25) is 0 Å². The topological polar surface area (TPSA) is 77.1 Å². The van der Waals surface area contributed by atoms with Gasteiger partial charge in [0, 0.05) is 24.2 Å². The van der Waals surface area contributed by atoms with Crippen molar-refractivity contribution in [1.29, 1.82) is 0 Å². The molecule has 2 aromatic rings. The molecule has 0 aromatic heterocycles. The lowest BCUT2D eigenvalue weighted by molar-refractivity contribution is -0.117. The van der Waals surface area contributed by atoms with Crippen LogP contribution < -0.4 is 24.4 Å². The van der Waals surface area contributed by atoms with E-state index in [-0.39, 0.29) is 31.1 Å². The first-order valence-corrected chi connectivity index (χ1v) is 8.29. The van der Waals surface area contributed by atoms with Crippen LogP contribution in [0.15, 0.2) is 42.5 Å². The van der Waals surface area contributed by atoms with Gasteiger partial charge in [-0.3, -0.25) is 9.59 Å². The molecule has 0 spiro atoms. The number of hydrogen-bond donors (Lipinski definition) is 1. The number of hydrogen-bond acceptors (Lipinski definition) is 5. The number of nitrogens with one attached hydrogen (secondary N) is 1. The maximum Gasteiger partial charge on any atom is 0.251 e. The summed E-state index contributed by atoms with van der Waals surface area (Å²) in [6.45, 7) is 0.593. The van der Waals surface area contributed by atoms with Gasteiger partial charge >= 0.3 is 0 Å². The highest BCUT2D eigenvalue weighted by Crippen LogP contribution is 2.32. The number of carbonyl (C=O) groups is 2. The first-order chi connectivity index (χ1) is 12.6. The van der Waals surface area contributed by atoms with Gasteiger partial charge in [0.05, 0.1) is 13.2 Å². The fourth-order valence-electron chi connectivity index (χ4n) is 3.12. The highest BCUT2D eigenvalue weighted by atomic mass is 16.7. The van der Waals surface area contributed by atoms with Gasteiger partial charge in [-0.15, -0.1) is 0 Å². The second-order valence-corrected chi connectivity index (χ2v) is 6.14. The maximum atomic E-state index is 12.5. The van der Waals surface area contributed by atoms with Gasteiger partial charge in [-0.2, -0.15) is 0 Å². The quantitative estimate of drug-likeness (QED) is 0.908. The molecule has 4 rings (SSSR count). The summed E-state index contributed by atoms with van der Waals surface area (Å²) >= 11 is 0. The summed E-state index contributed by atoms with van der Waals surface area (Å²) in [4.78, 5) is 26.5. The smallest absolute Gasteiger partial charge is 0.251 e. The van der Waals surface area contributed by atoms with E-state index in [1.807, 2.05) is 12.1 Å². The van der Waals surface area contributed by atoms with Crippen molar-refractivity contribution in [1.82, 2.24) is 5.32 Å². The summed E-state index contributed by atoms with van der Waals surface area (Å²) in [7, 11) is 1.59. The number of nitrogens with zero attached hydrogens (tertiary/aromatic N) is 1. The monoisotopic (exact) mass is 354 g/mol. The molecule has 7 nitrogen and oxygen atoms in total. The zero-order valence-electron chi connectivity index (χ0n) is 14.2. The number of fused-ring (bicyclic) bond motifs is 1. The van der Waals surface area contributed by atoms with E-state index < -0.39 is 0 Å². The van der Waals surface area contributed by atoms with Crippen molar-refractivity contribution < 1.29 is 23.8 Å². The lowest BCUT2D eigenvalue weighted by Crippen LogP contribution is -2.37. The van der Waals surface area contributed by atoms with Gasteiger partial charge in [-0.05, 0) is 42.5 Å². The first-order valence-electron chi connectivity index (χ1n) is 8.29. The largest absolute Gasteiger partial charge is 0.497 e. The average molecular weight is 354 g/mol. The zero-order valence-corrected chi connectivity index (χ0v) is 14.2. The lowest BCUT2D eigenvalue weighted by Gasteiger charge is -2.17. The molecule has 1 atom stereocenters. The summed E-state index contributed by atoms with van der Waals surface area (Å²) in [6, 6.07) is 12.1. The van der Waals surface area contributed by atoms with Crippen LogP contribution in [0.5, 0.6) is 17.2 Å². The third-order valence-electron chi connectivity index (χ3n) is 4.48. The third-order valence-corrected chi connectivity index (χ3v) is 4.48. The SMILES string of the molecule is COc1ccc(N2C[C@@H](NC(=O)c3ccc4c(c3)OCO4)CC2=O)cc1. The number of rotatable bonds is 4. The van der Waals surface area contributed by atoms with E-state index >= 15 is 0 Å². The summed E-state index contributed by atoms with van der Waals surface area (Å²) in [6.07, 6.45) is 0.266. The van der Waals surface area contributed by atoms with Gasteiger partial charge in [-0.25, -0.2) is 0 Å². The highest BCUT2D eigenvalue weighted by Gasteiger charge is 2.32. The highest BCUT2D eigenvalue weighted by molar-refractivity contribution is 5.99. The molecule has 0 aliphatic carbocycles. The van der Waals surface area contributed by atoms with Crippen molar-refractivity contribution in [3.05, 3.63) is 48.0 Å². The molecular formula is C19H18N2O5. The third kappa shape index (κ3) is 3.03. The molecular weight excluding hydrogens is 336 g/mol. The second kappa shape index (κ2) is 6.59. The predicted molar refractivity (Wildman–Crippen MR) is 93.8 cm³/mol.